The molecule has 2 aromatic carbocycles. The Hall–Kier alpha value is -2.60. The van der Waals surface area contributed by atoms with Gasteiger partial charge >= 0.3 is 0 Å². The summed E-state index contributed by atoms with van der Waals surface area (Å²) in [7, 11) is -3.68. The van der Waals surface area contributed by atoms with E-state index in [1.807, 2.05) is 42.8 Å². The van der Waals surface area contributed by atoms with Crippen LogP contribution in [0.5, 0.6) is 0 Å². The van der Waals surface area contributed by atoms with Gasteiger partial charge in [0.1, 0.15) is 0 Å². The standard InChI is InChI=1S/C23H29N3O2S/c1-6-16(2)20-11-13-22(14-12-20)29(27,28)25-23-18(4)24-26(19(23)5)15-21-10-8-7-9-17(21)3/h7-14,16,25H,6,15H2,1-5H3. The van der Waals surface area contributed by atoms with Gasteiger partial charge in [-0.3, -0.25) is 9.40 Å². The van der Waals surface area contributed by atoms with Gasteiger partial charge in [0, 0.05) is 0 Å². The number of hydrogen-bond donors (Lipinski definition) is 1. The molecule has 0 aliphatic carbocycles. The van der Waals surface area contributed by atoms with Crippen LogP contribution in [-0.4, -0.2) is 18.2 Å². The summed E-state index contributed by atoms with van der Waals surface area (Å²) < 4.78 is 30.5. The first kappa shape index (κ1) is 21.1. The number of sulfonamides is 1. The van der Waals surface area contributed by atoms with Crippen LogP contribution >= 0.6 is 0 Å². The topological polar surface area (TPSA) is 64.0 Å². The maximum Gasteiger partial charge on any atom is 0.262 e. The fourth-order valence-electron chi connectivity index (χ4n) is 3.35. The monoisotopic (exact) mass is 411 g/mol. The zero-order valence-electron chi connectivity index (χ0n) is 17.7. The highest BCUT2D eigenvalue weighted by molar-refractivity contribution is 7.92. The van der Waals surface area contributed by atoms with Crippen molar-refractivity contribution in [2.24, 2.45) is 0 Å². The zero-order chi connectivity index (χ0) is 21.2. The second kappa shape index (κ2) is 8.41. The molecule has 154 valence electrons. The number of benzene rings is 2. The van der Waals surface area contributed by atoms with E-state index in [0.717, 1.165) is 23.2 Å². The average Bonchev–Trinajstić information content (AvgIpc) is 2.96. The number of aromatic nitrogens is 2. The van der Waals surface area contributed by atoms with Crippen molar-refractivity contribution in [3.8, 4) is 0 Å². The average molecular weight is 412 g/mol. The van der Waals surface area contributed by atoms with E-state index in [2.05, 4.69) is 42.7 Å². The molecule has 0 amide bonds. The third-order valence-corrected chi connectivity index (χ3v) is 6.94. The number of hydrogen-bond acceptors (Lipinski definition) is 3. The maximum atomic E-state index is 12.9. The fourth-order valence-corrected chi connectivity index (χ4v) is 4.53. The highest BCUT2D eigenvalue weighted by Crippen LogP contribution is 2.26. The lowest BCUT2D eigenvalue weighted by Crippen LogP contribution is -2.14. The van der Waals surface area contributed by atoms with Crippen LogP contribution < -0.4 is 4.72 Å². The summed E-state index contributed by atoms with van der Waals surface area (Å²) >= 11 is 0. The maximum absolute atomic E-state index is 12.9. The van der Waals surface area contributed by atoms with Crippen LogP contribution in [0.4, 0.5) is 5.69 Å². The lowest BCUT2D eigenvalue weighted by molar-refractivity contribution is 0.601. The number of aryl methyl sites for hydroxylation is 2. The minimum absolute atomic E-state index is 0.259. The minimum Gasteiger partial charge on any atom is -0.276 e. The van der Waals surface area contributed by atoms with Gasteiger partial charge in [-0.2, -0.15) is 5.10 Å². The third-order valence-electron chi connectivity index (χ3n) is 5.57. The molecule has 5 nitrogen and oxygen atoms in total. The lowest BCUT2D eigenvalue weighted by Gasteiger charge is -2.12. The quantitative estimate of drug-likeness (QED) is 0.583. The van der Waals surface area contributed by atoms with Gasteiger partial charge in [-0.25, -0.2) is 8.42 Å². The fraction of sp³-hybridized carbons (Fsp3) is 0.348. The molecule has 0 radical (unpaired) electrons. The number of nitrogens with zero attached hydrogens (tertiary/aromatic N) is 2. The molecule has 0 fully saturated rings. The van der Waals surface area contributed by atoms with Crippen LogP contribution in [0.25, 0.3) is 0 Å². The minimum atomic E-state index is -3.68. The van der Waals surface area contributed by atoms with E-state index in [4.69, 9.17) is 0 Å². The lowest BCUT2D eigenvalue weighted by atomic mass is 9.99. The Labute approximate surface area is 173 Å². The molecule has 0 saturated heterocycles. The third kappa shape index (κ3) is 4.53. The predicted molar refractivity (Wildman–Crippen MR) is 118 cm³/mol. The number of nitrogens with one attached hydrogen (secondary N) is 1. The van der Waals surface area contributed by atoms with Gasteiger partial charge in [-0.15, -0.1) is 0 Å². The number of rotatable bonds is 7. The summed E-state index contributed by atoms with van der Waals surface area (Å²) in [5.41, 5.74) is 5.49. The first-order chi connectivity index (χ1) is 13.7. The van der Waals surface area contributed by atoms with E-state index in [0.29, 0.717) is 23.8 Å². The summed E-state index contributed by atoms with van der Waals surface area (Å²) in [6.45, 7) is 10.6. The molecule has 1 aromatic heterocycles. The van der Waals surface area contributed by atoms with Gasteiger partial charge in [0.2, 0.25) is 0 Å². The molecule has 3 aromatic rings. The van der Waals surface area contributed by atoms with Crippen LogP contribution in [0.2, 0.25) is 0 Å². The molecular weight excluding hydrogens is 382 g/mol. The van der Waals surface area contributed by atoms with E-state index in [9.17, 15) is 8.42 Å². The van der Waals surface area contributed by atoms with E-state index in [1.54, 1.807) is 12.1 Å². The molecule has 0 aliphatic heterocycles. The highest BCUT2D eigenvalue weighted by atomic mass is 32.2. The van der Waals surface area contributed by atoms with E-state index in [-0.39, 0.29) is 4.90 Å². The Morgan fingerprint density at radius 1 is 1.03 bits per heavy atom. The van der Waals surface area contributed by atoms with Crippen LogP contribution in [0.3, 0.4) is 0 Å². The van der Waals surface area contributed by atoms with E-state index in [1.165, 1.54) is 5.56 Å². The van der Waals surface area contributed by atoms with Gasteiger partial charge in [-0.1, -0.05) is 50.2 Å². The van der Waals surface area contributed by atoms with Gasteiger partial charge in [0.25, 0.3) is 10.0 Å². The molecule has 1 heterocycles. The first-order valence-electron chi connectivity index (χ1n) is 9.94. The second-order valence-corrected chi connectivity index (χ2v) is 9.30. The van der Waals surface area contributed by atoms with Crippen molar-refractivity contribution in [1.29, 1.82) is 0 Å². The van der Waals surface area contributed by atoms with Crippen molar-refractivity contribution >= 4 is 15.7 Å². The Balaban J connectivity index is 1.86. The van der Waals surface area contributed by atoms with Crippen LogP contribution in [0.15, 0.2) is 53.4 Å². The largest absolute Gasteiger partial charge is 0.276 e. The van der Waals surface area contributed by atoms with Gasteiger partial charge in [0.15, 0.2) is 0 Å². The Kier molecular flexibility index (Phi) is 6.13. The summed E-state index contributed by atoms with van der Waals surface area (Å²) in [4.78, 5) is 0.259. The van der Waals surface area contributed by atoms with Crippen LogP contribution in [0.1, 0.15) is 54.3 Å². The molecule has 6 heteroatoms. The SMILES string of the molecule is CCC(C)c1ccc(S(=O)(=O)Nc2c(C)nn(Cc3ccccc3C)c2C)cc1. The molecule has 29 heavy (non-hydrogen) atoms. The Bertz CT molecular complexity index is 1100. The molecule has 1 N–H and O–H groups in total. The molecule has 3 rings (SSSR count). The zero-order valence-corrected chi connectivity index (χ0v) is 18.5. The van der Waals surface area contributed by atoms with Crippen molar-refractivity contribution < 1.29 is 8.42 Å². The summed E-state index contributed by atoms with van der Waals surface area (Å²) in [5.74, 6) is 0.406. The van der Waals surface area contributed by atoms with Crippen LogP contribution in [-0.2, 0) is 16.6 Å². The molecule has 0 bridgehead atoms. The summed E-state index contributed by atoms with van der Waals surface area (Å²) in [5, 5.41) is 4.56. The second-order valence-electron chi connectivity index (χ2n) is 7.61. The predicted octanol–water partition coefficient (Wildman–Crippen LogP) is 5.17. The van der Waals surface area contributed by atoms with Crippen molar-refractivity contribution in [3.63, 3.8) is 0 Å². The molecule has 1 unspecified atom stereocenters. The molecule has 0 spiro atoms. The smallest absolute Gasteiger partial charge is 0.262 e. The van der Waals surface area contributed by atoms with E-state index < -0.39 is 10.0 Å². The molecular formula is C23H29N3O2S. The van der Waals surface area contributed by atoms with E-state index >= 15 is 0 Å². The highest BCUT2D eigenvalue weighted by Gasteiger charge is 2.20. The first-order valence-corrected chi connectivity index (χ1v) is 11.4. The normalized spacial score (nSPS) is 12.7. The molecule has 1 atom stereocenters. The van der Waals surface area contributed by atoms with Crippen molar-refractivity contribution in [2.75, 3.05) is 4.72 Å². The Morgan fingerprint density at radius 2 is 1.69 bits per heavy atom. The Morgan fingerprint density at radius 3 is 2.31 bits per heavy atom. The van der Waals surface area contributed by atoms with Gasteiger partial charge < -0.3 is 0 Å². The molecule has 0 aliphatic rings. The van der Waals surface area contributed by atoms with Gasteiger partial charge in [-0.05, 0) is 61.9 Å². The van der Waals surface area contributed by atoms with Crippen molar-refractivity contribution in [1.82, 2.24) is 9.78 Å². The summed E-state index contributed by atoms with van der Waals surface area (Å²) in [6, 6.07) is 15.3. The summed E-state index contributed by atoms with van der Waals surface area (Å²) in [6.07, 6.45) is 1.02. The van der Waals surface area contributed by atoms with Crippen LogP contribution in [0, 0.1) is 20.8 Å². The van der Waals surface area contributed by atoms with Gasteiger partial charge in [0.05, 0.1) is 28.5 Å². The number of anilines is 1. The van der Waals surface area contributed by atoms with Crippen molar-refractivity contribution in [3.05, 3.63) is 76.6 Å². The molecule has 0 saturated carbocycles. The van der Waals surface area contributed by atoms with Crippen molar-refractivity contribution in [2.45, 2.75) is 58.4 Å².